The van der Waals surface area contributed by atoms with E-state index in [-0.39, 0.29) is 6.61 Å². The summed E-state index contributed by atoms with van der Waals surface area (Å²) in [5.74, 6) is -0.158. The summed E-state index contributed by atoms with van der Waals surface area (Å²) in [6.07, 6.45) is -4.15. The Kier molecular flexibility index (Phi) is 5.32. The molecule has 5 heteroatoms. The number of benzene rings is 1. The molecule has 0 amide bonds. The van der Waals surface area contributed by atoms with Crippen molar-refractivity contribution >= 4 is 11.6 Å². The number of aryl methyl sites for hydroxylation is 1. The Morgan fingerprint density at radius 3 is 2.50 bits per heavy atom. The standard InChI is InChI=1S/C13H16ClF3O/c1-3-10-4-5-12(11(14)6-10)18-8-9(2)7-13(15,16)17/h4-6,9H,3,7-8H2,1-2H3. The Bertz CT molecular complexity index is 390. The summed E-state index contributed by atoms with van der Waals surface area (Å²) in [7, 11) is 0. The smallest absolute Gasteiger partial charge is 0.389 e. The van der Waals surface area contributed by atoms with Gasteiger partial charge in [-0.3, -0.25) is 0 Å². The molecule has 1 atom stereocenters. The van der Waals surface area contributed by atoms with Crippen LogP contribution in [0.2, 0.25) is 5.02 Å². The maximum atomic E-state index is 12.1. The molecule has 0 radical (unpaired) electrons. The second-order valence-electron chi connectivity index (χ2n) is 4.35. The first-order valence-electron chi connectivity index (χ1n) is 5.79. The molecule has 0 saturated heterocycles. The molecule has 0 aromatic heterocycles. The lowest BCUT2D eigenvalue weighted by Crippen LogP contribution is -2.18. The fraction of sp³-hybridized carbons (Fsp3) is 0.538. The highest BCUT2D eigenvalue weighted by molar-refractivity contribution is 6.32. The van der Waals surface area contributed by atoms with Crippen molar-refractivity contribution in [3.05, 3.63) is 28.8 Å². The summed E-state index contributed by atoms with van der Waals surface area (Å²) in [5.41, 5.74) is 1.07. The zero-order valence-electron chi connectivity index (χ0n) is 10.4. The summed E-state index contributed by atoms with van der Waals surface area (Å²) >= 11 is 5.98. The number of alkyl halides is 3. The molecule has 0 heterocycles. The average Bonchev–Trinajstić information content (AvgIpc) is 2.25. The van der Waals surface area contributed by atoms with Crippen LogP contribution in [0.25, 0.3) is 0 Å². The van der Waals surface area contributed by atoms with Gasteiger partial charge >= 0.3 is 6.18 Å². The molecule has 1 aromatic carbocycles. The van der Waals surface area contributed by atoms with Crippen LogP contribution >= 0.6 is 11.6 Å². The van der Waals surface area contributed by atoms with E-state index in [9.17, 15) is 13.2 Å². The highest BCUT2D eigenvalue weighted by atomic mass is 35.5. The van der Waals surface area contributed by atoms with Crippen molar-refractivity contribution in [2.45, 2.75) is 32.9 Å². The second kappa shape index (κ2) is 6.32. The minimum absolute atomic E-state index is 0.00466. The number of rotatable bonds is 5. The zero-order chi connectivity index (χ0) is 13.8. The molecule has 1 unspecified atom stereocenters. The molecule has 0 aliphatic rings. The van der Waals surface area contributed by atoms with Crippen molar-refractivity contribution in [2.24, 2.45) is 5.92 Å². The number of hydrogen-bond acceptors (Lipinski definition) is 1. The van der Waals surface area contributed by atoms with Crippen molar-refractivity contribution in [3.63, 3.8) is 0 Å². The van der Waals surface area contributed by atoms with Crippen LogP contribution in [0.1, 0.15) is 25.8 Å². The third kappa shape index (κ3) is 5.17. The molecule has 0 spiro atoms. The van der Waals surface area contributed by atoms with E-state index in [0.29, 0.717) is 10.8 Å². The first-order chi connectivity index (χ1) is 8.31. The summed E-state index contributed by atoms with van der Waals surface area (Å²) in [4.78, 5) is 0. The molecule has 18 heavy (non-hydrogen) atoms. The molecule has 1 rings (SSSR count). The van der Waals surface area contributed by atoms with Crippen LogP contribution in [0, 0.1) is 5.92 Å². The van der Waals surface area contributed by atoms with Gasteiger partial charge in [0.25, 0.3) is 0 Å². The lowest BCUT2D eigenvalue weighted by atomic mass is 10.1. The number of halogens is 4. The first-order valence-corrected chi connectivity index (χ1v) is 6.17. The van der Waals surface area contributed by atoms with Crippen LogP contribution in [-0.4, -0.2) is 12.8 Å². The van der Waals surface area contributed by atoms with E-state index in [1.165, 1.54) is 6.92 Å². The Hall–Kier alpha value is -0.900. The third-order valence-electron chi connectivity index (χ3n) is 2.51. The van der Waals surface area contributed by atoms with E-state index in [0.717, 1.165) is 12.0 Å². The van der Waals surface area contributed by atoms with Crippen LogP contribution in [0.5, 0.6) is 5.75 Å². The van der Waals surface area contributed by atoms with Gasteiger partial charge in [0, 0.05) is 6.42 Å². The van der Waals surface area contributed by atoms with E-state index in [4.69, 9.17) is 16.3 Å². The van der Waals surface area contributed by atoms with E-state index < -0.39 is 18.5 Å². The molecule has 1 aromatic rings. The van der Waals surface area contributed by atoms with E-state index in [1.54, 1.807) is 12.1 Å². The average molecular weight is 281 g/mol. The molecule has 0 aliphatic carbocycles. The quantitative estimate of drug-likeness (QED) is 0.748. The summed E-state index contributed by atoms with van der Waals surface area (Å²) in [5, 5.41) is 0.438. The Labute approximate surface area is 110 Å². The fourth-order valence-electron chi connectivity index (χ4n) is 1.57. The van der Waals surface area contributed by atoms with Crippen molar-refractivity contribution in [1.82, 2.24) is 0 Å². The van der Waals surface area contributed by atoms with Crippen molar-refractivity contribution in [1.29, 1.82) is 0 Å². The van der Waals surface area contributed by atoms with Gasteiger partial charge in [0.1, 0.15) is 5.75 Å². The lowest BCUT2D eigenvalue weighted by molar-refractivity contribution is -0.145. The van der Waals surface area contributed by atoms with Crippen LogP contribution in [0.4, 0.5) is 13.2 Å². The van der Waals surface area contributed by atoms with E-state index in [2.05, 4.69) is 0 Å². The van der Waals surface area contributed by atoms with Gasteiger partial charge in [0.05, 0.1) is 11.6 Å². The summed E-state index contributed by atoms with van der Waals surface area (Å²) in [6, 6.07) is 5.32. The summed E-state index contributed by atoms with van der Waals surface area (Å²) < 4.78 is 41.7. The van der Waals surface area contributed by atoms with Gasteiger partial charge < -0.3 is 4.74 Å². The predicted octanol–water partition coefficient (Wildman–Crippen LogP) is 4.87. The lowest BCUT2D eigenvalue weighted by Gasteiger charge is -2.15. The fourth-order valence-corrected chi connectivity index (χ4v) is 1.83. The van der Waals surface area contributed by atoms with Gasteiger partial charge in [-0.1, -0.05) is 31.5 Å². The number of ether oxygens (including phenoxy) is 1. The van der Waals surface area contributed by atoms with Crippen molar-refractivity contribution in [2.75, 3.05) is 6.61 Å². The SMILES string of the molecule is CCc1ccc(OCC(C)CC(F)(F)F)c(Cl)c1. The molecule has 0 N–H and O–H groups in total. The number of hydrogen-bond donors (Lipinski definition) is 0. The van der Waals surface area contributed by atoms with Crippen LogP contribution < -0.4 is 4.74 Å². The zero-order valence-corrected chi connectivity index (χ0v) is 11.1. The Morgan fingerprint density at radius 2 is 2.00 bits per heavy atom. The Morgan fingerprint density at radius 1 is 1.33 bits per heavy atom. The molecule has 1 nitrogen and oxygen atoms in total. The topological polar surface area (TPSA) is 9.23 Å². The van der Waals surface area contributed by atoms with Gasteiger partial charge in [-0.05, 0) is 30.0 Å². The molecular weight excluding hydrogens is 265 g/mol. The van der Waals surface area contributed by atoms with Crippen molar-refractivity contribution < 1.29 is 17.9 Å². The van der Waals surface area contributed by atoms with Gasteiger partial charge in [-0.15, -0.1) is 0 Å². The molecule has 102 valence electrons. The van der Waals surface area contributed by atoms with Crippen LogP contribution in [0.15, 0.2) is 18.2 Å². The predicted molar refractivity (Wildman–Crippen MR) is 66.2 cm³/mol. The molecule has 0 saturated carbocycles. The molecule has 0 aliphatic heterocycles. The Balaban J connectivity index is 2.53. The monoisotopic (exact) mass is 280 g/mol. The van der Waals surface area contributed by atoms with Gasteiger partial charge in [0.15, 0.2) is 0 Å². The van der Waals surface area contributed by atoms with Crippen molar-refractivity contribution in [3.8, 4) is 5.75 Å². The van der Waals surface area contributed by atoms with Gasteiger partial charge in [0.2, 0.25) is 0 Å². The molecule has 0 fully saturated rings. The highest BCUT2D eigenvalue weighted by Crippen LogP contribution is 2.28. The minimum atomic E-state index is -4.15. The largest absolute Gasteiger partial charge is 0.492 e. The molecular formula is C13H16ClF3O. The normalized spacial score (nSPS) is 13.4. The van der Waals surface area contributed by atoms with E-state index >= 15 is 0 Å². The summed E-state index contributed by atoms with van der Waals surface area (Å²) in [6.45, 7) is 3.50. The van der Waals surface area contributed by atoms with Crippen LogP contribution in [-0.2, 0) is 6.42 Å². The van der Waals surface area contributed by atoms with Crippen LogP contribution in [0.3, 0.4) is 0 Å². The minimum Gasteiger partial charge on any atom is -0.492 e. The third-order valence-corrected chi connectivity index (χ3v) is 2.80. The van der Waals surface area contributed by atoms with Gasteiger partial charge in [-0.2, -0.15) is 13.2 Å². The van der Waals surface area contributed by atoms with Gasteiger partial charge in [-0.25, -0.2) is 0 Å². The maximum absolute atomic E-state index is 12.1. The maximum Gasteiger partial charge on any atom is 0.389 e. The molecule has 0 bridgehead atoms. The second-order valence-corrected chi connectivity index (χ2v) is 4.76. The highest BCUT2D eigenvalue weighted by Gasteiger charge is 2.30. The first kappa shape index (κ1) is 15.2. The van der Waals surface area contributed by atoms with E-state index in [1.807, 2.05) is 13.0 Å².